The minimum atomic E-state index is 0.0319. The Kier molecular flexibility index (Phi) is 2.93. The normalized spacial score (nSPS) is 10.1. The van der Waals surface area contributed by atoms with Gasteiger partial charge in [-0.3, -0.25) is 10.4 Å². The van der Waals surface area contributed by atoms with E-state index in [2.05, 4.69) is 14.3 Å². The third kappa shape index (κ3) is 2.31. The van der Waals surface area contributed by atoms with Gasteiger partial charge in [0.2, 0.25) is 0 Å². The molecule has 7 heteroatoms. The number of hydrogen-bond donors (Lipinski definition) is 2. The first-order chi connectivity index (χ1) is 7.27. The van der Waals surface area contributed by atoms with Gasteiger partial charge in [-0.25, -0.2) is 4.98 Å². The zero-order valence-corrected chi connectivity index (χ0v) is 9.18. The molecule has 0 amide bonds. The van der Waals surface area contributed by atoms with Crippen LogP contribution in [0.1, 0.15) is 5.56 Å². The third-order valence-corrected chi connectivity index (χ3v) is 3.37. The highest BCUT2D eigenvalue weighted by Crippen LogP contribution is 2.29. The molecule has 0 bridgehead atoms. The van der Waals surface area contributed by atoms with Crippen LogP contribution in [0.5, 0.6) is 0 Å². The Bertz CT molecular complexity index is 468. The van der Waals surface area contributed by atoms with Crippen LogP contribution < -0.4 is 5.73 Å². The van der Waals surface area contributed by atoms with Gasteiger partial charge in [0.25, 0.3) is 0 Å². The van der Waals surface area contributed by atoms with Crippen LogP contribution in [0.4, 0.5) is 0 Å². The van der Waals surface area contributed by atoms with E-state index in [1.54, 1.807) is 18.5 Å². The maximum absolute atomic E-state index is 7.41. The van der Waals surface area contributed by atoms with Crippen LogP contribution >= 0.6 is 23.3 Å². The van der Waals surface area contributed by atoms with Crippen molar-refractivity contribution in [3.05, 3.63) is 30.4 Å². The summed E-state index contributed by atoms with van der Waals surface area (Å²) >= 11 is 2.71. The molecule has 0 aliphatic carbocycles. The molecule has 3 N–H and O–H groups in total. The number of rotatable bonds is 3. The largest absolute Gasteiger partial charge is 0.384 e. The van der Waals surface area contributed by atoms with Crippen molar-refractivity contribution in [2.45, 2.75) is 9.24 Å². The lowest BCUT2D eigenvalue weighted by molar-refractivity contribution is 1.18. The highest BCUT2D eigenvalue weighted by molar-refractivity contribution is 8.01. The second-order valence-corrected chi connectivity index (χ2v) is 4.66. The van der Waals surface area contributed by atoms with Crippen molar-refractivity contribution in [2.24, 2.45) is 5.73 Å². The van der Waals surface area contributed by atoms with Crippen LogP contribution in [-0.2, 0) is 0 Å². The summed E-state index contributed by atoms with van der Waals surface area (Å²) in [5, 5.41) is 7.41. The maximum Gasteiger partial charge on any atom is 0.174 e. The Hall–Kier alpha value is -1.47. The summed E-state index contributed by atoms with van der Waals surface area (Å²) in [6.45, 7) is 0. The molecular formula is C8H7N5S2. The molecule has 2 aromatic heterocycles. The summed E-state index contributed by atoms with van der Waals surface area (Å²) < 4.78 is 4.71. The third-order valence-electron chi connectivity index (χ3n) is 1.61. The maximum atomic E-state index is 7.41. The molecular weight excluding hydrogens is 230 g/mol. The monoisotopic (exact) mass is 237 g/mol. The van der Waals surface area contributed by atoms with Crippen LogP contribution in [-0.4, -0.2) is 20.2 Å². The predicted octanol–water partition coefficient (Wildman–Crippen LogP) is 1.37. The Morgan fingerprint density at radius 2 is 2.40 bits per heavy atom. The smallest absolute Gasteiger partial charge is 0.174 e. The van der Waals surface area contributed by atoms with Crippen LogP contribution in [0.2, 0.25) is 0 Å². The van der Waals surface area contributed by atoms with E-state index in [9.17, 15) is 0 Å². The average molecular weight is 237 g/mol. The fraction of sp³-hybridized carbons (Fsp3) is 0. The summed E-state index contributed by atoms with van der Waals surface area (Å²) in [4.78, 5) is 8.86. The van der Waals surface area contributed by atoms with E-state index in [0.717, 1.165) is 9.24 Å². The van der Waals surface area contributed by atoms with Gasteiger partial charge in [0.1, 0.15) is 12.2 Å². The lowest BCUT2D eigenvalue weighted by Crippen LogP contribution is -2.12. The van der Waals surface area contributed by atoms with Crippen LogP contribution in [0.25, 0.3) is 0 Å². The Labute approximate surface area is 94.4 Å². The van der Waals surface area contributed by atoms with E-state index in [-0.39, 0.29) is 5.84 Å². The van der Waals surface area contributed by atoms with E-state index in [1.807, 2.05) is 0 Å². The van der Waals surface area contributed by atoms with E-state index in [4.69, 9.17) is 11.1 Å². The minimum absolute atomic E-state index is 0.0319. The van der Waals surface area contributed by atoms with Gasteiger partial charge in [-0.05, 0) is 17.6 Å². The van der Waals surface area contributed by atoms with Crippen molar-refractivity contribution in [1.29, 1.82) is 5.41 Å². The number of nitrogen functional groups attached to an aromatic ring is 1. The molecule has 0 spiro atoms. The highest BCUT2D eigenvalue weighted by Gasteiger charge is 2.08. The molecule has 0 aliphatic rings. The van der Waals surface area contributed by atoms with Gasteiger partial charge in [0.15, 0.2) is 4.34 Å². The van der Waals surface area contributed by atoms with E-state index >= 15 is 0 Å². The number of hydrogen-bond acceptors (Lipinski definition) is 6. The molecule has 76 valence electrons. The second-order valence-electron chi connectivity index (χ2n) is 2.59. The molecule has 0 aliphatic heterocycles. The number of aromatic nitrogens is 3. The summed E-state index contributed by atoms with van der Waals surface area (Å²) in [6, 6.07) is 1.71. The SMILES string of the molecule is N=C(N)c1ccncc1Sc1ncns1. The van der Waals surface area contributed by atoms with Gasteiger partial charge in [0.05, 0.1) is 0 Å². The van der Waals surface area contributed by atoms with Crippen molar-refractivity contribution in [1.82, 2.24) is 14.3 Å². The zero-order valence-electron chi connectivity index (χ0n) is 7.54. The van der Waals surface area contributed by atoms with Gasteiger partial charge in [0, 0.05) is 22.9 Å². The highest BCUT2D eigenvalue weighted by atomic mass is 32.2. The van der Waals surface area contributed by atoms with Gasteiger partial charge in [-0.1, -0.05) is 11.8 Å². The fourth-order valence-corrected chi connectivity index (χ4v) is 2.50. The number of nitrogens with two attached hydrogens (primary N) is 1. The summed E-state index contributed by atoms with van der Waals surface area (Å²) in [5.74, 6) is 0.0319. The first-order valence-electron chi connectivity index (χ1n) is 4.00. The number of nitrogens with one attached hydrogen (secondary N) is 1. The van der Waals surface area contributed by atoms with Crippen molar-refractivity contribution < 1.29 is 0 Å². The first kappa shape index (κ1) is 10.1. The second kappa shape index (κ2) is 4.37. The van der Waals surface area contributed by atoms with Crippen molar-refractivity contribution >= 4 is 29.1 Å². The average Bonchev–Trinajstić information content (AvgIpc) is 2.71. The molecule has 2 aromatic rings. The quantitative estimate of drug-likeness (QED) is 0.621. The van der Waals surface area contributed by atoms with E-state index in [1.165, 1.54) is 29.6 Å². The molecule has 2 rings (SSSR count). The first-order valence-corrected chi connectivity index (χ1v) is 5.59. The molecule has 0 aromatic carbocycles. The summed E-state index contributed by atoms with van der Waals surface area (Å²) in [5.41, 5.74) is 6.12. The molecule has 0 fully saturated rings. The number of pyridine rings is 1. The van der Waals surface area contributed by atoms with Crippen molar-refractivity contribution in [3.63, 3.8) is 0 Å². The lowest BCUT2D eigenvalue weighted by atomic mass is 10.2. The molecule has 2 heterocycles. The minimum Gasteiger partial charge on any atom is -0.384 e. The topological polar surface area (TPSA) is 88.5 Å². The predicted molar refractivity (Wildman–Crippen MR) is 59.3 cm³/mol. The Morgan fingerprint density at radius 3 is 3.07 bits per heavy atom. The molecule has 15 heavy (non-hydrogen) atoms. The molecule has 0 unspecified atom stereocenters. The fourth-order valence-electron chi connectivity index (χ4n) is 0.986. The molecule has 0 saturated heterocycles. The van der Waals surface area contributed by atoms with Gasteiger partial charge >= 0.3 is 0 Å². The standard InChI is InChI=1S/C8H7N5S2/c9-7(10)5-1-2-11-3-6(5)14-8-12-4-13-15-8/h1-4H,(H3,9,10). The van der Waals surface area contributed by atoms with Gasteiger partial charge in [-0.15, -0.1) is 0 Å². The number of amidine groups is 1. The lowest BCUT2D eigenvalue weighted by Gasteiger charge is -2.03. The van der Waals surface area contributed by atoms with Crippen LogP contribution in [0, 0.1) is 5.41 Å². The van der Waals surface area contributed by atoms with Gasteiger partial charge < -0.3 is 5.73 Å². The van der Waals surface area contributed by atoms with Crippen molar-refractivity contribution in [2.75, 3.05) is 0 Å². The summed E-state index contributed by atoms with van der Waals surface area (Å²) in [7, 11) is 0. The van der Waals surface area contributed by atoms with E-state index in [0.29, 0.717) is 5.56 Å². The van der Waals surface area contributed by atoms with Gasteiger partial charge in [-0.2, -0.15) is 4.37 Å². The molecule has 5 nitrogen and oxygen atoms in total. The zero-order chi connectivity index (χ0) is 10.7. The van der Waals surface area contributed by atoms with Crippen LogP contribution in [0.15, 0.2) is 34.0 Å². The van der Waals surface area contributed by atoms with Crippen molar-refractivity contribution in [3.8, 4) is 0 Å². The number of nitrogens with zero attached hydrogens (tertiary/aromatic N) is 3. The summed E-state index contributed by atoms with van der Waals surface area (Å²) in [6.07, 6.45) is 4.78. The molecule has 0 atom stereocenters. The molecule has 0 radical (unpaired) electrons. The van der Waals surface area contributed by atoms with Crippen LogP contribution in [0.3, 0.4) is 0 Å². The Balaban J connectivity index is 2.32. The molecule has 0 saturated carbocycles. The van der Waals surface area contributed by atoms with E-state index < -0.39 is 0 Å². The Morgan fingerprint density at radius 1 is 1.53 bits per heavy atom.